The van der Waals surface area contributed by atoms with E-state index in [2.05, 4.69) is 20.0 Å². The van der Waals surface area contributed by atoms with E-state index in [9.17, 15) is 8.42 Å². The molecule has 0 atom stereocenters. The number of aromatic nitrogens is 2. The van der Waals surface area contributed by atoms with E-state index >= 15 is 0 Å². The summed E-state index contributed by atoms with van der Waals surface area (Å²) in [4.78, 5) is 7.60. The first-order chi connectivity index (χ1) is 7.88. The summed E-state index contributed by atoms with van der Waals surface area (Å²) in [5.74, 6) is 0.436. The van der Waals surface area contributed by atoms with Crippen LogP contribution in [-0.4, -0.2) is 37.7 Å². The molecule has 2 N–H and O–H groups in total. The quantitative estimate of drug-likeness (QED) is 0.608. The Bertz CT molecular complexity index is 480. The molecule has 1 heterocycles. The molecule has 1 aromatic rings. The highest BCUT2D eigenvalue weighted by atomic mass is 35.5. The minimum atomic E-state index is -3.13. The van der Waals surface area contributed by atoms with Gasteiger partial charge in [-0.1, -0.05) is 11.6 Å². The lowest BCUT2D eigenvalue weighted by Gasteiger charge is -2.07. The highest BCUT2D eigenvalue weighted by Gasteiger charge is 2.03. The number of hydrogen-bond acceptors (Lipinski definition) is 5. The Hall–Kier alpha value is -0.630. The minimum Gasteiger partial charge on any atom is -0.369 e. The maximum absolute atomic E-state index is 10.8. The Labute approximate surface area is 110 Å². The third-order valence-corrected chi connectivity index (χ3v) is 2.91. The lowest BCUT2D eigenvalue weighted by Crippen LogP contribution is -2.24. The lowest BCUT2D eigenvalue weighted by molar-refractivity contribution is 0.586. The number of nitrogens with zero attached hydrogens (tertiary/aromatic N) is 2. The topological polar surface area (TPSA) is 84.0 Å². The van der Waals surface area contributed by atoms with Crippen molar-refractivity contribution in [2.75, 3.05) is 24.7 Å². The SMILES string of the molecule is CS(=O)(=O)NCCCNc1nc(Cl)ncc1Cl. The maximum atomic E-state index is 10.8. The number of sulfonamides is 1. The van der Waals surface area contributed by atoms with E-state index in [0.717, 1.165) is 6.26 Å². The molecule has 0 unspecified atom stereocenters. The zero-order valence-electron chi connectivity index (χ0n) is 9.07. The summed E-state index contributed by atoms with van der Waals surface area (Å²) < 4.78 is 23.9. The molecular weight excluding hydrogens is 287 g/mol. The molecule has 0 bridgehead atoms. The van der Waals surface area contributed by atoms with Crippen LogP contribution in [0.4, 0.5) is 5.82 Å². The normalized spacial score (nSPS) is 11.5. The molecule has 0 saturated carbocycles. The standard InChI is InChI=1S/C8H12Cl2N4O2S/c1-17(15,16)13-4-2-3-11-7-6(9)5-12-8(10)14-7/h5,13H,2-4H2,1H3,(H,11,12,14). The summed E-state index contributed by atoms with van der Waals surface area (Å²) in [5, 5.41) is 3.41. The molecule has 0 aliphatic carbocycles. The fourth-order valence-electron chi connectivity index (χ4n) is 1.02. The third-order valence-electron chi connectivity index (χ3n) is 1.72. The fraction of sp³-hybridized carbons (Fsp3) is 0.500. The van der Waals surface area contributed by atoms with Gasteiger partial charge in [0.25, 0.3) is 0 Å². The molecule has 0 spiro atoms. The van der Waals surface area contributed by atoms with Crippen LogP contribution in [0.2, 0.25) is 10.3 Å². The Morgan fingerprint density at radius 1 is 1.35 bits per heavy atom. The molecule has 6 nitrogen and oxygen atoms in total. The van der Waals surface area contributed by atoms with Gasteiger partial charge >= 0.3 is 0 Å². The van der Waals surface area contributed by atoms with Crippen LogP contribution in [-0.2, 0) is 10.0 Å². The summed E-state index contributed by atoms with van der Waals surface area (Å²) in [6.45, 7) is 0.873. The van der Waals surface area contributed by atoms with Gasteiger partial charge in [0.2, 0.25) is 15.3 Å². The largest absolute Gasteiger partial charge is 0.369 e. The van der Waals surface area contributed by atoms with Gasteiger partial charge in [-0.05, 0) is 18.0 Å². The molecule has 1 rings (SSSR count). The van der Waals surface area contributed by atoms with Gasteiger partial charge in [0.05, 0.1) is 12.5 Å². The molecule has 96 valence electrons. The van der Waals surface area contributed by atoms with E-state index in [-0.39, 0.29) is 5.28 Å². The number of nitrogens with one attached hydrogen (secondary N) is 2. The summed E-state index contributed by atoms with van der Waals surface area (Å²) in [6, 6.07) is 0. The molecule has 0 fully saturated rings. The molecule has 0 aliphatic heterocycles. The average Bonchev–Trinajstić information content (AvgIpc) is 2.21. The zero-order chi connectivity index (χ0) is 12.9. The molecule has 1 aromatic heterocycles. The van der Waals surface area contributed by atoms with Crippen LogP contribution < -0.4 is 10.0 Å². The van der Waals surface area contributed by atoms with Gasteiger partial charge < -0.3 is 5.32 Å². The van der Waals surface area contributed by atoms with Gasteiger partial charge in [0.1, 0.15) is 10.8 Å². The van der Waals surface area contributed by atoms with Crippen LogP contribution in [0.15, 0.2) is 6.20 Å². The monoisotopic (exact) mass is 298 g/mol. The van der Waals surface area contributed by atoms with E-state index in [4.69, 9.17) is 23.2 Å². The Morgan fingerprint density at radius 2 is 2.06 bits per heavy atom. The van der Waals surface area contributed by atoms with Crippen LogP contribution in [0.5, 0.6) is 0 Å². The van der Waals surface area contributed by atoms with Crippen LogP contribution in [0.25, 0.3) is 0 Å². The van der Waals surface area contributed by atoms with Crippen molar-refractivity contribution in [2.24, 2.45) is 0 Å². The van der Waals surface area contributed by atoms with E-state index in [1.165, 1.54) is 6.20 Å². The molecule has 0 aliphatic rings. The fourth-order valence-corrected chi connectivity index (χ4v) is 1.83. The van der Waals surface area contributed by atoms with Crippen LogP contribution >= 0.6 is 23.2 Å². The first kappa shape index (κ1) is 14.4. The first-order valence-electron chi connectivity index (χ1n) is 4.75. The second kappa shape index (κ2) is 6.34. The lowest BCUT2D eigenvalue weighted by atomic mass is 10.4. The number of hydrogen-bond donors (Lipinski definition) is 2. The Morgan fingerprint density at radius 3 is 2.71 bits per heavy atom. The predicted octanol–water partition coefficient (Wildman–Crippen LogP) is 1.13. The second-order valence-corrected chi connectivity index (χ2v) is 5.86. The van der Waals surface area contributed by atoms with E-state index in [1.807, 2.05) is 0 Å². The molecule has 17 heavy (non-hydrogen) atoms. The van der Waals surface area contributed by atoms with Crippen LogP contribution in [0.1, 0.15) is 6.42 Å². The van der Waals surface area contributed by atoms with Crippen molar-refractivity contribution in [1.29, 1.82) is 0 Å². The first-order valence-corrected chi connectivity index (χ1v) is 7.40. The van der Waals surface area contributed by atoms with Crippen molar-refractivity contribution >= 4 is 39.0 Å². The van der Waals surface area contributed by atoms with Crippen LogP contribution in [0.3, 0.4) is 0 Å². The van der Waals surface area contributed by atoms with Gasteiger partial charge in [0, 0.05) is 13.1 Å². The highest BCUT2D eigenvalue weighted by Crippen LogP contribution is 2.18. The van der Waals surface area contributed by atoms with Gasteiger partial charge in [-0.15, -0.1) is 0 Å². The van der Waals surface area contributed by atoms with E-state index < -0.39 is 10.0 Å². The minimum absolute atomic E-state index is 0.103. The van der Waals surface area contributed by atoms with Gasteiger partial charge in [-0.2, -0.15) is 4.98 Å². The molecule has 0 amide bonds. The molecule has 0 saturated heterocycles. The van der Waals surface area contributed by atoms with Crippen LogP contribution in [0, 0.1) is 0 Å². The van der Waals surface area contributed by atoms with Crippen molar-refractivity contribution in [2.45, 2.75) is 6.42 Å². The van der Waals surface area contributed by atoms with Gasteiger partial charge in [-0.25, -0.2) is 18.1 Å². The average molecular weight is 299 g/mol. The number of rotatable bonds is 6. The highest BCUT2D eigenvalue weighted by molar-refractivity contribution is 7.88. The Balaban J connectivity index is 2.34. The Kier molecular flexibility index (Phi) is 5.38. The van der Waals surface area contributed by atoms with E-state index in [0.29, 0.717) is 30.4 Å². The van der Waals surface area contributed by atoms with Crippen molar-refractivity contribution in [3.63, 3.8) is 0 Å². The smallest absolute Gasteiger partial charge is 0.224 e. The summed E-state index contributed by atoms with van der Waals surface area (Å²) >= 11 is 11.4. The van der Waals surface area contributed by atoms with Crippen molar-refractivity contribution < 1.29 is 8.42 Å². The molecule has 0 aromatic carbocycles. The van der Waals surface area contributed by atoms with Crippen molar-refractivity contribution in [3.05, 3.63) is 16.5 Å². The van der Waals surface area contributed by atoms with Crippen molar-refractivity contribution in [3.8, 4) is 0 Å². The van der Waals surface area contributed by atoms with E-state index in [1.54, 1.807) is 0 Å². The van der Waals surface area contributed by atoms with Crippen molar-refractivity contribution in [1.82, 2.24) is 14.7 Å². The molecular formula is C8H12Cl2N4O2S. The predicted molar refractivity (Wildman–Crippen MR) is 68.0 cm³/mol. The molecule has 0 radical (unpaired) electrons. The second-order valence-electron chi connectivity index (χ2n) is 3.28. The summed E-state index contributed by atoms with van der Waals surface area (Å²) in [5.41, 5.74) is 0. The zero-order valence-corrected chi connectivity index (χ0v) is 11.4. The number of halogens is 2. The molecule has 9 heteroatoms. The maximum Gasteiger partial charge on any atom is 0.224 e. The van der Waals surface area contributed by atoms with Gasteiger partial charge in [-0.3, -0.25) is 0 Å². The van der Waals surface area contributed by atoms with Gasteiger partial charge in [0.15, 0.2) is 0 Å². The number of anilines is 1. The third kappa shape index (κ3) is 6.02. The summed E-state index contributed by atoms with van der Waals surface area (Å²) in [7, 11) is -3.13. The summed E-state index contributed by atoms with van der Waals surface area (Å²) in [6.07, 6.45) is 3.11.